The minimum absolute atomic E-state index is 0.0993. The average molecular weight is 486 g/mol. The Labute approximate surface area is 203 Å². The standard InChI is InChI=1S/C25H28ClN3O5/c1-16-8-10-20(11-9-16)34-15-21(30)28(3)12-5-13-29-23(18-6-4-7-19(26)14-18)22(24(31)32)17(2)27-25(29)33/h4,6-11,14,22-23H,5,12-13,15H2,1-3H3,(H,31,32). The van der Waals surface area contributed by atoms with Gasteiger partial charge in [0, 0.05) is 30.9 Å². The lowest BCUT2D eigenvalue weighted by Crippen LogP contribution is -2.47. The summed E-state index contributed by atoms with van der Waals surface area (Å²) in [5.74, 6) is -1.64. The van der Waals surface area contributed by atoms with Crippen LogP contribution in [0.4, 0.5) is 4.79 Å². The summed E-state index contributed by atoms with van der Waals surface area (Å²) in [5.41, 5.74) is 1.97. The highest BCUT2D eigenvalue weighted by atomic mass is 35.5. The maximum Gasteiger partial charge on any atom is 0.344 e. The molecule has 1 N–H and O–H groups in total. The smallest absolute Gasteiger partial charge is 0.344 e. The van der Waals surface area contributed by atoms with Crippen LogP contribution in [0.15, 0.2) is 53.5 Å². The van der Waals surface area contributed by atoms with E-state index < -0.39 is 24.0 Å². The number of hydrogen-bond acceptors (Lipinski definition) is 4. The van der Waals surface area contributed by atoms with E-state index in [1.54, 1.807) is 38.2 Å². The Morgan fingerprint density at radius 3 is 2.53 bits per heavy atom. The molecule has 0 aromatic heterocycles. The highest BCUT2D eigenvalue weighted by Crippen LogP contribution is 2.35. The Hall–Kier alpha value is -3.39. The summed E-state index contributed by atoms with van der Waals surface area (Å²) >= 11 is 6.14. The number of carboxylic acid groups (broad SMARTS) is 1. The fourth-order valence-corrected chi connectivity index (χ4v) is 4.11. The highest BCUT2D eigenvalue weighted by molar-refractivity contribution is 6.30. The first-order chi connectivity index (χ1) is 16.2. The summed E-state index contributed by atoms with van der Waals surface area (Å²) < 4.78 is 5.54. The lowest BCUT2D eigenvalue weighted by Gasteiger charge is -2.38. The third kappa shape index (κ3) is 6.14. The number of aliphatic imine (C=N–C) groups is 1. The fourth-order valence-electron chi connectivity index (χ4n) is 3.92. The van der Waals surface area contributed by atoms with Gasteiger partial charge >= 0.3 is 12.0 Å². The summed E-state index contributed by atoms with van der Waals surface area (Å²) in [6.45, 7) is 4.01. The highest BCUT2D eigenvalue weighted by Gasteiger charge is 2.42. The molecule has 2 atom stereocenters. The predicted molar refractivity (Wildman–Crippen MR) is 129 cm³/mol. The molecule has 8 nitrogen and oxygen atoms in total. The number of amides is 3. The molecule has 1 heterocycles. The zero-order chi connectivity index (χ0) is 24.8. The molecule has 0 radical (unpaired) electrons. The molecule has 0 fully saturated rings. The van der Waals surface area contributed by atoms with E-state index in [9.17, 15) is 19.5 Å². The van der Waals surface area contributed by atoms with Crippen LogP contribution in [0, 0.1) is 12.8 Å². The topological polar surface area (TPSA) is 99.5 Å². The van der Waals surface area contributed by atoms with Crippen LogP contribution in [0.5, 0.6) is 5.75 Å². The molecule has 180 valence electrons. The van der Waals surface area contributed by atoms with Gasteiger partial charge in [-0.05, 0) is 50.1 Å². The fraction of sp³-hybridized carbons (Fsp3) is 0.360. The van der Waals surface area contributed by atoms with Gasteiger partial charge in [0.1, 0.15) is 11.7 Å². The summed E-state index contributed by atoms with van der Waals surface area (Å²) in [7, 11) is 1.66. The second-order valence-corrected chi connectivity index (χ2v) is 8.75. The van der Waals surface area contributed by atoms with Gasteiger partial charge in [-0.15, -0.1) is 0 Å². The number of ether oxygens (including phenoxy) is 1. The normalized spacial score (nSPS) is 17.8. The number of urea groups is 1. The van der Waals surface area contributed by atoms with Crippen molar-refractivity contribution in [2.24, 2.45) is 10.9 Å². The number of hydrogen-bond donors (Lipinski definition) is 1. The molecule has 34 heavy (non-hydrogen) atoms. The molecular weight excluding hydrogens is 458 g/mol. The number of nitrogens with zero attached hydrogens (tertiary/aromatic N) is 3. The molecule has 0 aliphatic carbocycles. The van der Waals surface area contributed by atoms with E-state index in [2.05, 4.69) is 4.99 Å². The third-order valence-electron chi connectivity index (χ3n) is 5.78. The molecule has 3 amide bonds. The third-order valence-corrected chi connectivity index (χ3v) is 6.01. The van der Waals surface area contributed by atoms with Crippen molar-refractivity contribution in [1.82, 2.24) is 9.80 Å². The maximum atomic E-state index is 12.7. The van der Waals surface area contributed by atoms with Crippen molar-refractivity contribution in [2.75, 3.05) is 26.7 Å². The van der Waals surface area contributed by atoms with Crippen LogP contribution < -0.4 is 4.74 Å². The minimum Gasteiger partial charge on any atom is -0.484 e. The second-order valence-electron chi connectivity index (χ2n) is 8.32. The first kappa shape index (κ1) is 25.2. The van der Waals surface area contributed by atoms with E-state index in [0.29, 0.717) is 29.3 Å². The van der Waals surface area contributed by atoms with Gasteiger partial charge in [0.2, 0.25) is 0 Å². The van der Waals surface area contributed by atoms with Crippen molar-refractivity contribution >= 4 is 35.2 Å². The lowest BCUT2D eigenvalue weighted by molar-refractivity contribution is -0.141. The number of carbonyl (C=O) groups excluding carboxylic acids is 2. The van der Waals surface area contributed by atoms with Crippen LogP contribution in [0.2, 0.25) is 5.02 Å². The number of benzene rings is 2. The molecule has 0 bridgehead atoms. The average Bonchev–Trinajstić information content (AvgIpc) is 2.79. The summed E-state index contributed by atoms with van der Waals surface area (Å²) in [5, 5.41) is 10.3. The van der Waals surface area contributed by atoms with Crippen LogP contribution in [-0.4, -0.2) is 65.3 Å². The molecule has 0 spiro atoms. The molecule has 3 rings (SSSR count). The Balaban J connectivity index is 1.65. The van der Waals surface area contributed by atoms with Crippen LogP contribution in [-0.2, 0) is 9.59 Å². The van der Waals surface area contributed by atoms with Gasteiger partial charge < -0.3 is 19.6 Å². The molecule has 0 saturated heterocycles. The van der Waals surface area contributed by atoms with Gasteiger partial charge in [-0.3, -0.25) is 9.59 Å². The van der Waals surface area contributed by atoms with Crippen LogP contribution in [0.1, 0.15) is 30.5 Å². The van der Waals surface area contributed by atoms with Gasteiger partial charge in [0.15, 0.2) is 6.61 Å². The number of likely N-dealkylation sites (N-methyl/N-ethyl adjacent to an activating group) is 1. The summed E-state index contributed by atoms with van der Waals surface area (Å²) in [6, 6.07) is 13.0. The van der Waals surface area contributed by atoms with E-state index in [1.165, 1.54) is 9.80 Å². The van der Waals surface area contributed by atoms with Crippen LogP contribution in [0.3, 0.4) is 0 Å². The van der Waals surface area contributed by atoms with Crippen molar-refractivity contribution in [2.45, 2.75) is 26.3 Å². The number of halogens is 1. The molecular formula is C25H28ClN3O5. The Morgan fingerprint density at radius 2 is 1.88 bits per heavy atom. The van der Waals surface area contributed by atoms with E-state index >= 15 is 0 Å². The molecule has 2 aromatic carbocycles. The van der Waals surface area contributed by atoms with E-state index in [0.717, 1.165) is 5.56 Å². The van der Waals surface area contributed by atoms with E-state index in [4.69, 9.17) is 16.3 Å². The van der Waals surface area contributed by atoms with Gasteiger partial charge in [0.25, 0.3) is 5.91 Å². The summed E-state index contributed by atoms with van der Waals surface area (Å²) in [4.78, 5) is 44.2. The quantitative estimate of drug-likeness (QED) is 0.573. The molecule has 2 aromatic rings. The number of rotatable bonds is 9. The Kier molecular flexibility index (Phi) is 8.28. The van der Waals surface area contributed by atoms with Gasteiger partial charge in [-0.1, -0.05) is 41.4 Å². The first-order valence-corrected chi connectivity index (χ1v) is 11.3. The Morgan fingerprint density at radius 1 is 1.18 bits per heavy atom. The predicted octanol–water partition coefficient (Wildman–Crippen LogP) is 4.21. The minimum atomic E-state index is -1.07. The van der Waals surface area contributed by atoms with Gasteiger partial charge in [0.05, 0.1) is 6.04 Å². The van der Waals surface area contributed by atoms with E-state index in [-0.39, 0.29) is 24.8 Å². The molecule has 1 aliphatic heterocycles. The summed E-state index contributed by atoms with van der Waals surface area (Å²) in [6.07, 6.45) is 0.441. The van der Waals surface area contributed by atoms with Crippen molar-refractivity contribution in [3.63, 3.8) is 0 Å². The van der Waals surface area contributed by atoms with Gasteiger partial charge in [-0.2, -0.15) is 0 Å². The number of aryl methyl sites for hydroxylation is 1. The van der Waals surface area contributed by atoms with Crippen molar-refractivity contribution in [3.05, 3.63) is 64.7 Å². The zero-order valence-corrected chi connectivity index (χ0v) is 20.2. The zero-order valence-electron chi connectivity index (χ0n) is 19.4. The monoisotopic (exact) mass is 485 g/mol. The SMILES string of the molecule is CC1=NC(=O)N(CCCN(C)C(=O)COc2ccc(C)cc2)C(c2cccc(Cl)c2)C1C(=O)O. The molecule has 9 heteroatoms. The first-order valence-electron chi connectivity index (χ1n) is 10.9. The molecule has 0 saturated carbocycles. The maximum absolute atomic E-state index is 12.7. The number of aliphatic carboxylic acids is 1. The molecule has 1 aliphatic rings. The van der Waals surface area contributed by atoms with Crippen LogP contribution >= 0.6 is 11.6 Å². The van der Waals surface area contributed by atoms with Crippen molar-refractivity contribution in [3.8, 4) is 5.75 Å². The largest absolute Gasteiger partial charge is 0.484 e. The van der Waals surface area contributed by atoms with Crippen molar-refractivity contribution in [1.29, 1.82) is 0 Å². The van der Waals surface area contributed by atoms with Gasteiger partial charge in [-0.25, -0.2) is 9.79 Å². The Bertz CT molecular complexity index is 1090. The van der Waals surface area contributed by atoms with E-state index in [1.807, 2.05) is 31.2 Å². The molecule has 2 unspecified atom stereocenters. The number of carboxylic acids is 1. The van der Waals surface area contributed by atoms with Crippen molar-refractivity contribution < 1.29 is 24.2 Å². The lowest BCUT2D eigenvalue weighted by atomic mass is 9.87. The second kappa shape index (κ2) is 11.2. The van der Waals surface area contributed by atoms with Crippen LogP contribution in [0.25, 0.3) is 0 Å². The number of carbonyl (C=O) groups is 3.